The third-order valence-corrected chi connectivity index (χ3v) is 6.34. The molecule has 3 rings (SSSR count). The van der Waals surface area contributed by atoms with Crippen molar-refractivity contribution in [2.45, 2.75) is 19.0 Å². The first kappa shape index (κ1) is 18.7. The predicted molar refractivity (Wildman–Crippen MR) is 95.9 cm³/mol. The molecular weight excluding hydrogens is 358 g/mol. The normalized spacial score (nSPS) is 24.0. The number of nitrogens with one attached hydrogen (secondary N) is 2. The van der Waals surface area contributed by atoms with Gasteiger partial charge in [0.2, 0.25) is 0 Å². The highest BCUT2D eigenvalue weighted by Gasteiger charge is 2.44. The van der Waals surface area contributed by atoms with Crippen LogP contribution in [0.3, 0.4) is 0 Å². The third-order valence-electron chi connectivity index (χ3n) is 4.62. The predicted octanol–water partition coefficient (Wildman–Crippen LogP) is -0.587. The summed E-state index contributed by atoms with van der Waals surface area (Å²) in [6.07, 6.45) is 0. The van der Waals surface area contributed by atoms with Gasteiger partial charge in [0.25, 0.3) is 11.8 Å². The van der Waals surface area contributed by atoms with E-state index in [-0.39, 0.29) is 42.0 Å². The molecule has 0 unspecified atom stereocenters. The van der Waals surface area contributed by atoms with Crippen LogP contribution >= 0.6 is 0 Å². The molecule has 0 spiro atoms. The van der Waals surface area contributed by atoms with Crippen molar-refractivity contribution in [3.63, 3.8) is 0 Å². The Labute approximate surface area is 152 Å². The maximum atomic E-state index is 12.6. The molecule has 0 aliphatic carbocycles. The number of hydrogen-bond donors (Lipinski definition) is 2. The lowest BCUT2D eigenvalue weighted by molar-refractivity contribution is -0.136. The van der Waals surface area contributed by atoms with Gasteiger partial charge in [0.1, 0.15) is 5.75 Å². The Morgan fingerprint density at radius 2 is 2.08 bits per heavy atom. The van der Waals surface area contributed by atoms with Crippen molar-refractivity contribution in [1.29, 1.82) is 0 Å². The first-order valence-electron chi connectivity index (χ1n) is 8.64. The molecule has 2 N–H and O–H groups in total. The maximum absolute atomic E-state index is 12.6. The monoisotopic (exact) mass is 381 g/mol. The summed E-state index contributed by atoms with van der Waals surface area (Å²) in [7, 11) is -3.14. The SMILES string of the molecule is CCNC(=O)c1ccccc1OCC(=O)N1CCN[C@H]2CS(=O)(=O)C[C@H]21. The number of carbonyl (C=O) groups excluding carboxylic acids is 2. The van der Waals surface area contributed by atoms with Gasteiger partial charge in [-0.05, 0) is 19.1 Å². The molecule has 2 heterocycles. The highest BCUT2D eigenvalue weighted by Crippen LogP contribution is 2.22. The molecule has 8 nitrogen and oxygen atoms in total. The lowest BCUT2D eigenvalue weighted by atomic mass is 10.1. The maximum Gasteiger partial charge on any atom is 0.260 e. The molecule has 142 valence electrons. The molecule has 2 amide bonds. The molecule has 1 aromatic carbocycles. The van der Waals surface area contributed by atoms with Crippen LogP contribution in [0.1, 0.15) is 17.3 Å². The van der Waals surface area contributed by atoms with E-state index in [0.29, 0.717) is 30.9 Å². The zero-order valence-electron chi connectivity index (χ0n) is 14.6. The van der Waals surface area contributed by atoms with Crippen LogP contribution in [0.4, 0.5) is 0 Å². The van der Waals surface area contributed by atoms with Crippen molar-refractivity contribution in [3.05, 3.63) is 29.8 Å². The second-order valence-electron chi connectivity index (χ2n) is 6.44. The molecule has 2 fully saturated rings. The Morgan fingerprint density at radius 3 is 2.85 bits per heavy atom. The Bertz CT molecular complexity index is 795. The Morgan fingerprint density at radius 1 is 1.31 bits per heavy atom. The average molecular weight is 381 g/mol. The lowest BCUT2D eigenvalue weighted by Gasteiger charge is -2.37. The van der Waals surface area contributed by atoms with Gasteiger partial charge in [-0.15, -0.1) is 0 Å². The van der Waals surface area contributed by atoms with Crippen molar-refractivity contribution >= 4 is 21.7 Å². The van der Waals surface area contributed by atoms with Crippen LogP contribution in [-0.4, -0.2) is 75.0 Å². The fourth-order valence-electron chi connectivity index (χ4n) is 3.44. The topological polar surface area (TPSA) is 105 Å². The second kappa shape index (κ2) is 7.63. The van der Waals surface area contributed by atoms with Gasteiger partial charge in [-0.1, -0.05) is 12.1 Å². The number of amides is 2. The van der Waals surface area contributed by atoms with Gasteiger partial charge in [0, 0.05) is 25.7 Å². The quantitative estimate of drug-likeness (QED) is 0.707. The Hall–Kier alpha value is -2.13. The molecule has 2 atom stereocenters. The summed E-state index contributed by atoms with van der Waals surface area (Å²) >= 11 is 0. The van der Waals surface area contributed by atoms with Crippen LogP contribution in [0.5, 0.6) is 5.75 Å². The fourth-order valence-corrected chi connectivity index (χ4v) is 5.39. The number of nitrogens with zero attached hydrogens (tertiary/aromatic N) is 1. The van der Waals surface area contributed by atoms with E-state index in [2.05, 4.69) is 10.6 Å². The summed E-state index contributed by atoms with van der Waals surface area (Å²) in [5, 5.41) is 5.87. The van der Waals surface area contributed by atoms with E-state index < -0.39 is 9.84 Å². The van der Waals surface area contributed by atoms with Gasteiger partial charge in [-0.25, -0.2) is 8.42 Å². The van der Waals surface area contributed by atoms with Crippen molar-refractivity contribution in [2.24, 2.45) is 0 Å². The molecule has 2 aliphatic rings. The van der Waals surface area contributed by atoms with E-state index in [1.807, 2.05) is 6.92 Å². The summed E-state index contributed by atoms with van der Waals surface area (Å²) in [5.41, 5.74) is 0.365. The van der Waals surface area contributed by atoms with E-state index in [1.54, 1.807) is 29.2 Å². The standard InChI is InChI=1S/C17H23N3O5S/c1-2-18-17(22)12-5-3-4-6-15(12)25-9-16(21)20-8-7-19-13-10-26(23,24)11-14(13)20/h3-6,13-14,19H,2,7-11H2,1H3,(H,18,22)/t13-,14+/m0/s1. The average Bonchev–Trinajstić information content (AvgIpc) is 2.93. The van der Waals surface area contributed by atoms with Crippen LogP contribution in [-0.2, 0) is 14.6 Å². The molecule has 26 heavy (non-hydrogen) atoms. The molecule has 2 aliphatic heterocycles. The number of piperazine rings is 1. The summed E-state index contributed by atoms with van der Waals surface area (Å²) in [5.74, 6) is -0.171. The zero-order valence-corrected chi connectivity index (χ0v) is 15.4. The number of fused-ring (bicyclic) bond motifs is 1. The van der Waals surface area contributed by atoms with Gasteiger partial charge in [0.05, 0.1) is 23.1 Å². The van der Waals surface area contributed by atoms with E-state index in [0.717, 1.165) is 0 Å². The van der Waals surface area contributed by atoms with E-state index in [1.165, 1.54) is 0 Å². The van der Waals surface area contributed by atoms with Crippen molar-refractivity contribution in [3.8, 4) is 5.75 Å². The molecule has 0 radical (unpaired) electrons. The van der Waals surface area contributed by atoms with Crippen LogP contribution in [0, 0.1) is 0 Å². The number of benzene rings is 1. The minimum atomic E-state index is -3.14. The van der Waals surface area contributed by atoms with E-state index >= 15 is 0 Å². The van der Waals surface area contributed by atoms with Gasteiger partial charge < -0.3 is 20.3 Å². The fraction of sp³-hybridized carbons (Fsp3) is 0.529. The number of hydrogen-bond acceptors (Lipinski definition) is 6. The zero-order chi connectivity index (χ0) is 18.7. The Balaban J connectivity index is 1.67. The van der Waals surface area contributed by atoms with Crippen LogP contribution < -0.4 is 15.4 Å². The highest BCUT2D eigenvalue weighted by atomic mass is 32.2. The van der Waals surface area contributed by atoms with Crippen molar-refractivity contribution < 1.29 is 22.7 Å². The van der Waals surface area contributed by atoms with Gasteiger partial charge in [-0.2, -0.15) is 0 Å². The van der Waals surface area contributed by atoms with E-state index in [4.69, 9.17) is 4.74 Å². The number of sulfone groups is 1. The van der Waals surface area contributed by atoms with Gasteiger partial charge >= 0.3 is 0 Å². The summed E-state index contributed by atoms with van der Waals surface area (Å²) in [6, 6.07) is 6.15. The first-order valence-corrected chi connectivity index (χ1v) is 10.5. The van der Waals surface area contributed by atoms with Crippen LogP contribution in [0.25, 0.3) is 0 Å². The second-order valence-corrected chi connectivity index (χ2v) is 8.59. The summed E-state index contributed by atoms with van der Waals surface area (Å²) < 4.78 is 29.3. The minimum Gasteiger partial charge on any atom is -0.483 e. The van der Waals surface area contributed by atoms with Gasteiger partial charge in [0.15, 0.2) is 16.4 Å². The lowest BCUT2D eigenvalue weighted by Crippen LogP contribution is -2.59. The molecular formula is C17H23N3O5S. The number of carbonyl (C=O) groups is 2. The molecule has 0 aromatic heterocycles. The van der Waals surface area contributed by atoms with Crippen molar-refractivity contribution in [2.75, 3.05) is 37.7 Å². The highest BCUT2D eigenvalue weighted by molar-refractivity contribution is 7.91. The minimum absolute atomic E-state index is 0.0219. The summed E-state index contributed by atoms with van der Waals surface area (Å²) in [4.78, 5) is 26.3. The molecule has 1 aromatic rings. The molecule has 0 saturated carbocycles. The molecule has 2 saturated heterocycles. The van der Waals surface area contributed by atoms with Gasteiger partial charge in [-0.3, -0.25) is 9.59 Å². The number of ether oxygens (including phenoxy) is 1. The summed E-state index contributed by atoms with van der Waals surface area (Å²) in [6.45, 7) is 3.07. The number of rotatable bonds is 5. The van der Waals surface area contributed by atoms with E-state index in [9.17, 15) is 18.0 Å². The smallest absolute Gasteiger partial charge is 0.260 e. The van der Waals surface area contributed by atoms with Crippen LogP contribution in [0.2, 0.25) is 0 Å². The van der Waals surface area contributed by atoms with Crippen molar-refractivity contribution in [1.82, 2.24) is 15.5 Å². The third kappa shape index (κ3) is 3.99. The molecule has 9 heteroatoms. The Kier molecular flexibility index (Phi) is 5.47. The number of para-hydroxylation sites is 1. The largest absolute Gasteiger partial charge is 0.483 e. The molecule has 0 bridgehead atoms. The van der Waals surface area contributed by atoms with Crippen LogP contribution in [0.15, 0.2) is 24.3 Å². The first-order chi connectivity index (χ1) is 12.4.